The molecule has 0 saturated heterocycles. The maximum absolute atomic E-state index is 13.0. The van der Waals surface area contributed by atoms with E-state index in [1.807, 2.05) is 18.3 Å². The van der Waals surface area contributed by atoms with Gasteiger partial charge in [-0.15, -0.1) is 0 Å². The van der Waals surface area contributed by atoms with Gasteiger partial charge < -0.3 is 14.6 Å². The number of benzene rings is 1. The first-order chi connectivity index (χ1) is 11.6. The lowest BCUT2D eigenvalue weighted by molar-refractivity contribution is 0.0593. The normalized spacial score (nSPS) is 18.4. The molecule has 2 fully saturated rings. The molecule has 0 bridgehead atoms. The minimum atomic E-state index is -0.806. The number of carbonyl (C=O) groups is 1. The summed E-state index contributed by atoms with van der Waals surface area (Å²) in [5.41, 5.74) is 1.34. The van der Waals surface area contributed by atoms with Gasteiger partial charge in [0.25, 0.3) is 5.91 Å². The Bertz CT molecular complexity index is 732. The third-order valence-electron chi connectivity index (χ3n) is 4.81. The second kappa shape index (κ2) is 6.06. The van der Waals surface area contributed by atoms with Crippen molar-refractivity contribution in [3.8, 4) is 0 Å². The maximum Gasteiger partial charge on any atom is 0.270 e. The second-order valence-electron chi connectivity index (χ2n) is 6.79. The minimum absolute atomic E-state index is 0.0180. The molecule has 0 radical (unpaired) electrons. The molecule has 1 amide bonds. The highest BCUT2D eigenvalue weighted by Crippen LogP contribution is 2.37. The molecule has 2 aromatic rings. The highest BCUT2D eigenvalue weighted by atomic mass is 19.1. The summed E-state index contributed by atoms with van der Waals surface area (Å²) in [6, 6.07) is 10.2. The van der Waals surface area contributed by atoms with Gasteiger partial charge in [0.05, 0.1) is 12.6 Å². The summed E-state index contributed by atoms with van der Waals surface area (Å²) in [6.45, 7) is 0.241. The van der Waals surface area contributed by atoms with Crippen molar-refractivity contribution in [1.82, 2.24) is 9.47 Å². The molecule has 1 aromatic carbocycles. The Labute approximate surface area is 140 Å². The predicted octanol–water partition coefficient (Wildman–Crippen LogP) is 3.30. The molecule has 4 rings (SSSR count). The molecule has 24 heavy (non-hydrogen) atoms. The number of hydrogen-bond acceptors (Lipinski definition) is 2. The average Bonchev–Trinajstić information content (AvgIpc) is 3.51. The summed E-state index contributed by atoms with van der Waals surface area (Å²) >= 11 is 0. The molecule has 1 aromatic heterocycles. The van der Waals surface area contributed by atoms with Gasteiger partial charge in [-0.2, -0.15) is 0 Å². The van der Waals surface area contributed by atoms with Crippen LogP contribution in [0, 0.1) is 5.82 Å². The van der Waals surface area contributed by atoms with Crippen LogP contribution in [0.5, 0.6) is 0 Å². The molecule has 1 atom stereocenters. The average molecular weight is 328 g/mol. The molecule has 1 N–H and O–H groups in total. The van der Waals surface area contributed by atoms with E-state index in [1.165, 1.54) is 12.1 Å². The maximum atomic E-state index is 13.0. The first-order valence-corrected chi connectivity index (χ1v) is 8.55. The van der Waals surface area contributed by atoms with Crippen LogP contribution in [-0.4, -0.2) is 33.1 Å². The Kier molecular flexibility index (Phi) is 3.88. The van der Waals surface area contributed by atoms with Gasteiger partial charge in [0.15, 0.2) is 0 Å². The van der Waals surface area contributed by atoms with Gasteiger partial charge in [-0.25, -0.2) is 4.39 Å². The van der Waals surface area contributed by atoms with Crippen LogP contribution in [0.2, 0.25) is 0 Å². The first kappa shape index (κ1) is 15.4. The molecule has 2 saturated carbocycles. The smallest absolute Gasteiger partial charge is 0.270 e. The van der Waals surface area contributed by atoms with E-state index in [0.29, 0.717) is 17.3 Å². The number of carbonyl (C=O) groups excluding carboxylic acids is 1. The van der Waals surface area contributed by atoms with Crippen molar-refractivity contribution < 1.29 is 14.3 Å². The fourth-order valence-electron chi connectivity index (χ4n) is 3.15. The number of hydrogen-bond donors (Lipinski definition) is 1. The third-order valence-corrected chi connectivity index (χ3v) is 4.81. The standard InChI is InChI=1S/C19H21FN2O2/c20-14-5-3-13(4-6-14)18(23)12-22(16-9-10-16)19(24)17-2-1-11-21(17)15-7-8-15/h1-6,11,15-16,18,23H,7-10,12H2. The minimum Gasteiger partial charge on any atom is -0.387 e. The summed E-state index contributed by atoms with van der Waals surface area (Å²) in [5.74, 6) is -0.348. The third kappa shape index (κ3) is 3.08. The number of amides is 1. The van der Waals surface area contributed by atoms with Crippen molar-refractivity contribution in [3.63, 3.8) is 0 Å². The summed E-state index contributed by atoms with van der Waals surface area (Å²) in [4.78, 5) is 14.8. The van der Waals surface area contributed by atoms with E-state index in [1.54, 1.807) is 17.0 Å². The number of rotatable bonds is 6. The van der Waals surface area contributed by atoms with Crippen LogP contribution in [0.3, 0.4) is 0 Å². The first-order valence-electron chi connectivity index (χ1n) is 8.55. The Morgan fingerprint density at radius 1 is 1.21 bits per heavy atom. The van der Waals surface area contributed by atoms with Crippen molar-refractivity contribution in [3.05, 3.63) is 59.7 Å². The SMILES string of the molecule is O=C(c1cccn1C1CC1)N(CC(O)c1ccc(F)cc1)C1CC1. The molecule has 1 unspecified atom stereocenters. The van der Waals surface area contributed by atoms with Crippen LogP contribution in [0.4, 0.5) is 4.39 Å². The summed E-state index contributed by atoms with van der Waals surface area (Å²) in [6.07, 6.45) is 5.36. The van der Waals surface area contributed by atoms with Gasteiger partial charge in [-0.1, -0.05) is 12.1 Å². The largest absolute Gasteiger partial charge is 0.387 e. The molecule has 0 aliphatic heterocycles. The molecule has 2 aliphatic rings. The lowest BCUT2D eigenvalue weighted by atomic mass is 10.1. The van der Waals surface area contributed by atoms with Crippen molar-refractivity contribution in [2.75, 3.05) is 6.54 Å². The van der Waals surface area contributed by atoms with E-state index in [2.05, 4.69) is 4.57 Å². The molecular formula is C19H21FN2O2. The highest BCUT2D eigenvalue weighted by Gasteiger charge is 2.36. The fourth-order valence-corrected chi connectivity index (χ4v) is 3.15. The van der Waals surface area contributed by atoms with Gasteiger partial charge in [0.2, 0.25) is 0 Å². The quantitative estimate of drug-likeness (QED) is 0.884. The van der Waals surface area contributed by atoms with Crippen molar-refractivity contribution in [2.45, 2.75) is 43.9 Å². The Morgan fingerprint density at radius 2 is 1.92 bits per heavy atom. The zero-order valence-electron chi connectivity index (χ0n) is 13.4. The van der Waals surface area contributed by atoms with Crippen LogP contribution < -0.4 is 0 Å². The molecule has 2 aliphatic carbocycles. The second-order valence-corrected chi connectivity index (χ2v) is 6.79. The molecule has 4 nitrogen and oxygen atoms in total. The van der Waals surface area contributed by atoms with Crippen LogP contribution in [0.25, 0.3) is 0 Å². The topological polar surface area (TPSA) is 45.5 Å². The van der Waals surface area contributed by atoms with Crippen LogP contribution >= 0.6 is 0 Å². The summed E-state index contributed by atoms with van der Waals surface area (Å²) in [5, 5.41) is 10.5. The monoisotopic (exact) mass is 328 g/mol. The molecule has 5 heteroatoms. The zero-order chi connectivity index (χ0) is 16.7. The number of aliphatic hydroxyl groups is 1. The molecule has 0 spiro atoms. The van der Waals surface area contributed by atoms with E-state index in [4.69, 9.17) is 0 Å². The van der Waals surface area contributed by atoms with Crippen molar-refractivity contribution in [1.29, 1.82) is 0 Å². The van der Waals surface area contributed by atoms with Crippen LogP contribution in [0.15, 0.2) is 42.6 Å². The molecule has 126 valence electrons. The van der Waals surface area contributed by atoms with E-state index < -0.39 is 6.10 Å². The van der Waals surface area contributed by atoms with Gasteiger partial charge in [-0.3, -0.25) is 4.79 Å². The van der Waals surface area contributed by atoms with E-state index >= 15 is 0 Å². The van der Waals surface area contributed by atoms with Gasteiger partial charge >= 0.3 is 0 Å². The summed E-state index contributed by atoms with van der Waals surface area (Å²) in [7, 11) is 0. The van der Waals surface area contributed by atoms with Gasteiger partial charge in [0.1, 0.15) is 11.5 Å². The molecular weight excluding hydrogens is 307 g/mol. The fraction of sp³-hybridized carbons (Fsp3) is 0.421. The lowest BCUT2D eigenvalue weighted by Gasteiger charge is -2.26. The Balaban J connectivity index is 1.52. The molecule has 1 heterocycles. The number of aromatic nitrogens is 1. The van der Waals surface area contributed by atoms with E-state index in [-0.39, 0.29) is 24.3 Å². The van der Waals surface area contributed by atoms with E-state index in [9.17, 15) is 14.3 Å². The van der Waals surface area contributed by atoms with Crippen molar-refractivity contribution >= 4 is 5.91 Å². The zero-order valence-corrected chi connectivity index (χ0v) is 13.4. The number of aliphatic hydroxyl groups excluding tert-OH is 1. The van der Waals surface area contributed by atoms with Crippen molar-refractivity contribution in [2.24, 2.45) is 0 Å². The predicted molar refractivity (Wildman–Crippen MR) is 88.1 cm³/mol. The number of halogens is 1. The summed E-state index contributed by atoms with van der Waals surface area (Å²) < 4.78 is 15.1. The lowest BCUT2D eigenvalue weighted by Crippen LogP contribution is -2.37. The highest BCUT2D eigenvalue weighted by molar-refractivity contribution is 5.93. The van der Waals surface area contributed by atoms with E-state index in [0.717, 1.165) is 25.7 Å². The van der Waals surface area contributed by atoms with Gasteiger partial charge in [-0.05, 0) is 55.5 Å². The van der Waals surface area contributed by atoms with Crippen LogP contribution in [-0.2, 0) is 0 Å². The Morgan fingerprint density at radius 3 is 2.54 bits per heavy atom. The number of nitrogens with zero attached hydrogens (tertiary/aromatic N) is 2. The van der Waals surface area contributed by atoms with Crippen LogP contribution in [0.1, 0.15) is 53.9 Å². The van der Waals surface area contributed by atoms with Gasteiger partial charge in [0, 0.05) is 18.3 Å². The Hall–Kier alpha value is -2.14.